The fraction of sp³-hybridized carbons (Fsp3) is 0.0741. The van der Waals surface area contributed by atoms with E-state index in [4.69, 9.17) is 19.9 Å². The lowest BCUT2D eigenvalue weighted by molar-refractivity contribution is 0.0724. The minimum atomic E-state index is -0.659. The molecular formula is C27H22N8O6. The molecule has 3 aromatic carbocycles. The van der Waals surface area contributed by atoms with Crippen LogP contribution in [0.3, 0.4) is 0 Å². The fourth-order valence-corrected chi connectivity index (χ4v) is 3.80. The Labute approximate surface area is 232 Å². The van der Waals surface area contributed by atoms with Gasteiger partial charge in [-0.1, -0.05) is 53.7 Å². The number of nitrogens with one attached hydrogen (secondary N) is 1. The summed E-state index contributed by atoms with van der Waals surface area (Å²) >= 11 is 0. The van der Waals surface area contributed by atoms with Crippen LogP contribution in [0.4, 0.5) is 5.82 Å². The average Bonchev–Trinajstić information content (AvgIpc) is 3.64. The summed E-state index contributed by atoms with van der Waals surface area (Å²) in [7, 11) is 2.84. The molecule has 14 nitrogen and oxygen atoms in total. The van der Waals surface area contributed by atoms with Crippen molar-refractivity contribution in [3.63, 3.8) is 0 Å². The van der Waals surface area contributed by atoms with Gasteiger partial charge in [0.2, 0.25) is 17.4 Å². The van der Waals surface area contributed by atoms with Gasteiger partial charge in [-0.15, -0.1) is 5.10 Å². The zero-order chi connectivity index (χ0) is 28.8. The average molecular weight is 555 g/mol. The van der Waals surface area contributed by atoms with Gasteiger partial charge in [-0.2, -0.15) is 9.78 Å². The molecule has 0 spiro atoms. The van der Waals surface area contributed by atoms with E-state index >= 15 is 0 Å². The monoisotopic (exact) mass is 554 g/mol. The van der Waals surface area contributed by atoms with E-state index in [0.717, 1.165) is 0 Å². The van der Waals surface area contributed by atoms with Gasteiger partial charge < -0.3 is 19.9 Å². The number of aromatic nitrogens is 5. The molecule has 3 N–H and O–H groups in total. The van der Waals surface area contributed by atoms with Crippen molar-refractivity contribution >= 4 is 23.9 Å². The molecule has 41 heavy (non-hydrogen) atoms. The number of ether oxygens (including phenoxy) is 3. The second-order valence-corrected chi connectivity index (χ2v) is 8.25. The summed E-state index contributed by atoms with van der Waals surface area (Å²) in [5, 5.41) is 19.4. The summed E-state index contributed by atoms with van der Waals surface area (Å²) < 4.78 is 22.3. The van der Waals surface area contributed by atoms with E-state index in [1.165, 1.54) is 25.1 Å². The van der Waals surface area contributed by atoms with Crippen LogP contribution in [0.15, 0.2) is 82.5 Å². The number of methoxy groups -OCH3 is 2. The first-order chi connectivity index (χ1) is 20.0. The summed E-state index contributed by atoms with van der Waals surface area (Å²) in [5.74, 6) is -0.668. The quantitative estimate of drug-likeness (QED) is 0.118. The predicted octanol–water partition coefficient (Wildman–Crippen LogP) is 2.90. The van der Waals surface area contributed by atoms with Crippen LogP contribution in [-0.4, -0.2) is 57.6 Å². The number of carbonyl (C=O) groups is 2. The number of hydrogen-bond acceptors (Lipinski definition) is 12. The Balaban J connectivity index is 1.39. The van der Waals surface area contributed by atoms with Crippen LogP contribution < -0.4 is 25.4 Å². The minimum absolute atomic E-state index is 0.0298. The second-order valence-electron chi connectivity index (χ2n) is 8.25. The molecule has 0 aliphatic rings. The lowest BCUT2D eigenvalue weighted by atomic mass is 10.1. The lowest BCUT2D eigenvalue weighted by Gasteiger charge is -2.14. The van der Waals surface area contributed by atoms with Crippen molar-refractivity contribution in [1.82, 2.24) is 30.7 Å². The van der Waals surface area contributed by atoms with Gasteiger partial charge in [0.05, 0.1) is 26.0 Å². The Morgan fingerprint density at radius 2 is 1.63 bits per heavy atom. The summed E-state index contributed by atoms with van der Waals surface area (Å²) in [6.45, 7) is 0. The van der Waals surface area contributed by atoms with Crippen molar-refractivity contribution < 1.29 is 28.4 Å². The van der Waals surface area contributed by atoms with Crippen molar-refractivity contribution in [3.05, 3.63) is 89.6 Å². The van der Waals surface area contributed by atoms with Gasteiger partial charge in [0.25, 0.3) is 5.91 Å². The normalized spacial score (nSPS) is 10.9. The van der Waals surface area contributed by atoms with Crippen molar-refractivity contribution in [1.29, 1.82) is 0 Å². The molecule has 5 aromatic rings. The summed E-state index contributed by atoms with van der Waals surface area (Å²) in [6, 6.07) is 20.6. The number of nitrogens with two attached hydrogens (primary N) is 1. The summed E-state index contributed by atoms with van der Waals surface area (Å²) in [6.07, 6.45) is 1.36. The third-order valence-electron chi connectivity index (χ3n) is 5.70. The molecule has 0 saturated carbocycles. The molecule has 206 valence electrons. The Kier molecular flexibility index (Phi) is 7.63. The molecule has 1 amide bonds. The topological polar surface area (TPSA) is 182 Å². The highest BCUT2D eigenvalue weighted by Gasteiger charge is 2.25. The zero-order valence-electron chi connectivity index (χ0n) is 21.7. The highest BCUT2D eigenvalue weighted by Crippen LogP contribution is 2.38. The van der Waals surface area contributed by atoms with E-state index in [9.17, 15) is 9.59 Å². The first-order valence-corrected chi connectivity index (χ1v) is 12.0. The van der Waals surface area contributed by atoms with Gasteiger partial charge in [-0.25, -0.2) is 14.8 Å². The van der Waals surface area contributed by atoms with Crippen molar-refractivity contribution in [2.45, 2.75) is 0 Å². The molecule has 0 atom stereocenters. The Morgan fingerprint density at radius 1 is 0.976 bits per heavy atom. The zero-order valence-corrected chi connectivity index (χ0v) is 21.7. The number of hydrazone groups is 1. The Hall–Kier alpha value is -6.05. The van der Waals surface area contributed by atoms with E-state index < -0.39 is 11.9 Å². The third-order valence-corrected chi connectivity index (χ3v) is 5.70. The van der Waals surface area contributed by atoms with E-state index in [1.807, 2.05) is 6.07 Å². The fourth-order valence-electron chi connectivity index (χ4n) is 3.80. The van der Waals surface area contributed by atoms with Gasteiger partial charge in [-0.05, 0) is 34.6 Å². The molecule has 0 fully saturated rings. The van der Waals surface area contributed by atoms with Crippen molar-refractivity contribution in [3.8, 4) is 34.3 Å². The third kappa shape index (κ3) is 5.56. The van der Waals surface area contributed by atoms with E-state index in [2.05, 4.69) is 35.8 Å². The minimum Gasteiger partial charge on any atom is -0.493 e. The SMILES string of the molecule is COc1cc(/C=N\NC(=O)c2nnn(-c3nonc3N)c2-c2ccccc2)cc(OC)c1OC(=O)c1ccccc1. The predicted molar refractivity (Wildman–Crippen MR) is 145 cm³/mol. The molecule has 0 aliphatic heterocycles. The van der Waals surface area contributed by atoms with Gasteiger partial charge in [0.1, 0.15) is 5.69 Å². The molecule has 0 radical (unpaired) electrons. The number of esters is 1. The second kappa shape index (κ2) is 11.8. The Bertz CT molecular complexity index is 1690. The van der Waals surface area contributed by atoms with Gasteiger partial charge in [0, 0.05) is 11.1 Å². The largest absolute Gasteiger partial charge is 0.493 e. The molecule has 2 aromatic heterocycles. The van der Waals surface area contributed by atoms with Crippen LogP contribution in [-0.2, 0) is 0 Å². The van der Waals surface area contributed by atoms with Gasteiger partial charge >= 0.3 is 5.97 Å². The number of hydrogen-bond donors (Lipinski definition) is 2. The number of rotatable bonds is 9. The van der Waals surface area contributed by atoms with Crippen LogP contribution in [0.1, 0.15) is 26.4 Å². The van der Waals surface area contributed by atoms with Crippen molar-refractivity contribution in [2.24, 2.45) is 5.10 Å². The molecule has 0 bridgehead atoms. The number of nitrogen functional groups attached to an aromatic ring is 1. The lowest BCUT2D eigenvalue weighted by Crippen LogP contribution is -2.19. The molecule has 0 saturated heterocycles. The van der Waals surface area contributed by atoms with E-state index in [0.29, 0.717) is 22.4 Å². The van der Waals surface area contributed by atoms with Gasteiger partial charge in [-0.3, -0.25) is 4.79 Å². The molecule has 5 rings (SSSR count). The number of nitrogens with zero attached hydrogens (tertiary/aromatic N) is 6. The number of benzene rings is 3. The number of carbonyl (C=O) groups excluding carboxylic acids is 2. The van der Waals surface area contributed by atoms with Gasteiger partial charge in [0.15, 0.2) is 17.2 Å². The Morgan fingerprint density at radius 3 is 2.24 bits per heavy atom. The van der Waals surface area contributed by atoms with Crippen LogP contribution in [0.2, 0.25) is 0 Å². The smallest absolute Gasteiger partial charge is 0.343 e. The maximum absolute atomic E-state index is 13.1. The number of amides is 1. The van der Waals surface area contributed by atoms with E-state index in [1.54, 1.807) is 66.7 Å². The maximum Gasteiger partial charge on any atom is 0.343 e. The molecular weight excluding hydrogens is 532 g/mol. The van der Waals surface area contributed by atoms with E-state index in [-0.39, 0.29) is 34.6 Å². The summed E-state index contributed by atoms with van der Waals surface area (Å²) in [4.78, 5) is 25.7. The summed E-state index contributed by atoms with van der Waals surface area (Å²) in [5.41, 5.74) is 9.97. The molecule has 14 heteroatoms. The van der Waals surface area contributed by atoms with Crippen molar-refractivity contribution in [2.75, 3.05) is 20.0 Å². The molecule has 0 unspecified atom stereocenters. The number of anilines is 1. The molecule has 0 aliphatic carbocycles. The van der Waals surface area contributed by atoms with Crippen LogP contribution in [0.5, 0.6) is 17.2 Å². The molecule has 2 heterocycles. The maximum atomic E-state index is 13.1. The standard InChI is InChI=1S/C27H22N8O6/c1-38-19-13-16(14-20(39-2)23(19)40-27(37)18-11-7-4-8-12-18)15-29-31-26(36)21-22(17-9-5-3-6-10-17)35(34-30-21)25-24(28)32-41-33-25/h3-15H,1-2H3,(H2,28,32)(H,31,36)/b29-15-. The van der Waals surface area contributed by atoms with Crippen LogP contribution in [0.25, 0.3) is 17.1 Å². The van der Waals surface area contributed by atoms with Crippen LogP contribution >= 0.6 is 0 Å². The van der Waals surface area contributed by atoms with Crippen LogP contribution in [0, 0.1) is 0 Å². The first kappa shape index (κ1) is 26.6. The highest BCUT2D eigenvalue weighted by atomic mass is 16.6. The highest BCUT2D eigenvalue weighted by molar-refractivity contribution is 5.99. The first-order valence-electron chi connectivity index (χ1n) is 12.0.